The van der Waals surface area contributed by atoms with Gasteiger partial charge in [0.1, 0.15) is 0 Å². The summed E-state index contributed by atoms with van der Waals surface area (Å²) in [5, 5.41) is 0. The highest BCUT2D eigenvalue weighted by atomic mass is 32.1. The van der Waals surface area contributed by atoms with Gasteiger partial charge in [0.15, 0.2) is 5.78 Å². The Labute approximate surface area is 132 Å². The molecule has 0 aliphatic heterocycles. The van der Waals surface area contributed by atoms with Crippen molar-refractivity contribution >= 4 is 18.0 Å². The molecular formula is C17H13N3OS. The molecule has 1 heterocycles. The molecule has 0 aliphatic carbocycles. The van der Waals surface area contributed by atoms with Crippen molar-refractivity contribution in [1.82, 2.24) is 9.66 Å². The molecule has 1 aromatic heterocycles. The second-order valence-corrected chi connectivity index (χ2v) is 5.12. The lowest BCUT2D eigenvalue weighted by Gasteiger charge is -2.10. The Hall–Kier alpha value is -2.79. The summed E-state index contributed by atoms with van der Waals surface area (Å²) >= 11 is 5.12. The van der Waals surface area contributed by atoms with Crippen LogP contribution in [-0.2, 0) is 0 Å². The van der Waals surface area contributed by atoms with Crippen molar-refractivity contribution in [2.75, 3.05) is 5.84 Å². The second-order valence-electron chi connectivity index (χ2n) is 4.75. The number of nitrogens with two attached hydrogens (primary N) is 1. The third kappa shape index (κ3) is 2.66. The lowest BCUT2D eigenvalue weighted by Crippen LogP contribution is -2.16. The molecule has 2 aromatic carbocycles. The Morgan fingerprint density at radius 3 is 2.23 bits per heavy atom. The van der Waals surface area contributed by atoms with Gasteiger partial charge in [-0.1, -0.05) is 60.7 Å². The van der Waals surface area contributed by atoms with E-state index in [2.05, 4.69) is 4.98 Å². The van der Waals surface area contributed by atoms with E-state index in [9.17, 15) is 4.79 Å². The summed E-state index contributed by atoms with van der Waals surface area (Å²) in [4.78, 5) is 17.1. The number of nitrogens with zero attached hydrogens (tertiary/aromatic N) is 2. The van der Waals surface area contributed by atoms with Crippen LogP contribution in [0.3, 0.4) is 0 Å². The number of hydrogen-bond donors (Lipinski definition) is 1. The van der Waals surface area contributed by atoms with Gasteiger partial charge in [0.05, 0.1) is 11.3 Å². The predicted molar refractivity (Wildman–Crippen MR) is 88.5 cm³/mol. The number of hydrogen-bond acceptors (Lipinski definition) is 4. The van der Waals surface area contributed by atoms with E-state index in [1.54, 1.807) is 12.1 Å². The van der Waals surface area contributed by atoms with Crippen LogP contribution in [-0.4, -0.2) is 15.4 Å². The van der Waals surface area contributed by atoms with Crippen LogP contribution in [0.5, 0.6) is 0 Å². The molecule has 3 rings (SSSR count). The third-order valence-electron chi connectivity index (χ3n) is 3.28. The minimum Gasteiger partial charge on any atom is -0.337 e. The second kappa shape index (κ2) is 5.91. The lowest BCUT2D eigenvalue weighted by atomic mass is 9.99. The molecule has 0 bridgehead atoms. The van der Waals surface area contributed by atoms with Gasteiger partial charge in [-0.3, -0.25) is 4.79 Å². The zero-order valence-corrected chi connectivity index (χ0v) is 12.5. The maximum atomic E-state index is 12.8. The van der Waals surface area contributed by atoms with E-state index in [1.165, 1.54) is 10.9 Å². The minimum absolute atomic E-state index is 0.138. The van der Waals surface area contributed by atoms with Gasteiger partial charge in [0, 0.05) is 17.3 Å². The Morgan fingerprint density at radius 1 is 1.00 bits per heavy atom. The molecule has 0 amide bonds. The molecule has 0 unspecified atom stereocenters. The van der Waals surface area contributed by atoms with Crippen LogP contribution in [0, 0.1) is 4.77 Å². The first kappa shape index (κ1) is 14.2. The molecule has 2 N–H and O–H groups in total. The van der Waals surface area contributed by atoms with E-state index in [0.29, 0.717) is 16.8 Å². The molecule has 0 spiro atoms. The molecule has 4 nitrogen and oxygen atoms in total. The highest BCUT2D eigenvalue weighted by Crippen LogP contribution is 2.23. The quantitative estimate of drug-likeness (QED) is 0.458. The first-order valence-electron chi connectivity index (χ1n) is 6.71. The maximum Gasteiger partial charge on any atom is 0.218 e. The number of carbonyl (C=O) groups excluding carboxylic acids is 1. The van der Waals surface area contributed by atoms with Gasteiger partial charge in [0.25, 0.3) is 0 Å². The largest absolute Gasteiger partial charge is 0.337 e. The molecule has 108 valence electrons. The van der Waals surface area contributed by atoms with E-state index in [1.807, 2.05) is 48.5 Å². The van der Waals surface area contributed by atoms with Crippen LogP contribution >= 0.6 is 12.2 Å². The molecular weight excluding hydrogens is 294 g/mol. The molecule has 0 fully saturated rings. The molecule has 5 heteroatoms. The fraction of sp³-hybridized carbons (Fsp3) is 0. The van der Waals surface area contributed by atoms with Gasteiger partial charge in [-0.25, -0.2) is 9.66 Å². The smallest absolute Gasteiger partial charge is 0.218 e. The van der Waals surface area contributed by atoms with Gasteiger partial charge in [-0.2, -0.15) is 0 Å². The van der Waals surface area contributed by atoms with Gasteiger partial charge < -0.3 is 5.84 Å². The number of ketones is 1. The van der Waals surface area contributed by atoms with Crippen LogP contribution in [0.1, 0.15) is 15.9 Å². The van der Waals surface area contributed by atoms with Gasteiger partial charge in [-0.15, -0.1) is 0 Å². The van der Waals surface area contributed by atoms with Crippen LogP contribution in [0.15, 0.2) is 66.9 Å². The molecule has 22 heavy (non-hydrogen) atoms. The van der Waals surface area contributed by atoms with Crippen LogP contribution in [0.2, 0.25) is 0 Å². The molecule has 0 radical (unpaired) electrons. The van der Waals surface area contributed by atoms with Crippen LogP contribution in [0.25, 0.3) is 11.3 Å². The SMILES string of the molecule is Nn1cc(C(=O)c2ccccc2)c(-c2ccccc2)nc1=S. The van der Waals surface area contributed by atoms with E-state index in [-0.39, 0.29) is 10.6 Å². The van der Waals surface area contributed by atoms with Crippen molar-refractivity contribution < 1.29 is 4.79 Å². The van der Waals surface area contributed by atoms with Crippen molar-refractivity contribution in [1.29, 1.82) is 0 Å². The molecule has 0 saturated carbocycles. The van der Waals surface area contributed by atoms with Crippen molar-refractivity contribution in [3.63, 3.8) is 0 Å². The Morgan fingerprint density at radius 2 is 1.59 bits per heavy atom. The minimum atomic E-state index is -0.138. The molecule has 0 saturated heterocycles. The van der Waals surface area contributed by atoms with Crippen molar-refractivity contribution in [3.8, 4) is 11.3 Å². The summed E-state index contributed by atoms with van der Waals surface area (Å²) in [5.74, 6) is 5.64. The number of rotatable bonds is 3. The zero-order chi connectivity index (χ0) is 15.5. The fourth-order valence-electron chi connectivity index (χ4n) is 2.20. The predicted octanol–water partition coefficient (Wildman–Crippen LogP) is 3.22. The third-order valence-corrected chi connectivity index (χ3v) is 3.58. The number of carbonyl (C=O) groups is 1. The van der Waals surface area contributed by atoms with Gasteiger partial charge in [-0.05, 0) is 12.2 Å². The molecule has 3 aromatic rings. The maximum absolute atomic E-state index is 12.8. The Kier molecular flexibility index (Phi) is 3.80. The van der Waals surface area contributed by atoms with E-state index in [4.69, 9.17) is 18.1 Å². The summed E-state index contributed by atoms with van der Waals surface area (Å²) in [6.45, 7) is 0. The average molecular weight is 307 g/mol. The fourth-order valence-corrected chi connectivity index (χ4v) is 2.34. The molecule has 0 aliphatic rings. The first-order chi connectivity index (χ1) is 10.7. The van der Waals surface area contributed by atoms with E-state index in [0.717, 1.165) is 5.56 Å². The van der Waals surface area contributed by atoms with Gasteiger partial charge in [0.2, 0.25) is 4.77 Å². The number of aromatic nitrogens is 2. The van der Waals surface area contributed by atoms with Crippen LogP contribution < -0.4 is 5.84 Å². The summed E-state index contributed by atoms with van der Waals surface area (Å²) < 4.78 is 1.42. The van der Waals surface area contributed by atoms with Crippen molar-refractivity contribution in [3.05, 3.63) is 82.8 Å². The highest BCUT2D eigenvalue weighted by molar-refractivity contribution is 7.71. The van der Waals surface area contributed by atoms with E-state index >= 15 is 0 Å². The topological polar surface area (TPSA) is 60.9 Å². The number of benzene rings is 2. The lowest BCUT2D eigenvalue weighted by molar-refractivity contribution is 0.103. The summed E-state index contributed by atoms with van der Waals surface area (Å²) in [6.07, 6.45) is 1.53. The summed E-state index contributed by atoms with van der Waals surface area (Å²) in [6, 6.07) is 18.5. The van der Waals surface area contributed by atoms with Crippen molar-refractivity contribution in [2.24, 2.45) is 0 Å². The zero-order valence-electron chi connectivity index (χ0n) is 11.6. The summed E-state index contributed by atoms with van der Waals surface area (Å²) in [5.41, 5.74) is 2.38. The Balaban J connectivity index is 2.21. The average Bonchev–Trinajstić information content (AvgIpc) is 2.58. The normalized spacial score (nSPS) is 10.4. The highest BCUT2D eigenvalue weighted by Gasteiger charge is 2.17. The van der Waals surface area contributed by atoms with E-state index < -0.39 is 0 Å². The number of nitrogen functional groups attached to an aromatic ring is 1. The van der Waals surface area contributed by atoms with Gasteiger partial charge >= 0.3 is 0 Å². The van der Waals surface area contributed by atoms with Crippen molar-refractivity contribution in [2.45, 2.75) is 0 Å². The van der Waals surface area contributed by atoms with Crippen LogP contribution in [0.4, 0.5) is 0 Å². The summed E-state index contributed by atoms with van der Waals surface area (Å²) in [7, 11) is 0. The monoisotopic (exact) mass is 307 g/mol. The molecule has 0 atom stereocenters. The Bertz CT molecular complexity index is 873. The first-order valence-corrected chi connectivity index (χ1v) is 7.11. The standard InChI is InChI=1S/C17H13N3OS/c18-20-11-14(16(21)13-9-5-2-6-10-13)15(19-17(20)22)12-7-3-1-4-8-12/h1-11H,18H2.